The molecule has 1 aliphatic rings. The van der Waals surface area contributed by atoms with E-state index in [0.29, 0.717) is 18.0 Å². The fourth-order valence-corrected chi connectivity index (χ4v) is 3.08. The molecule has 18 heavy (non-hydrogen) atoms. The first kappa shape index (κ1) is 15.5. The smallest absolute Gasteiger partial charge is 0.237 e. The molecule has 0 aromatic rings. The van der Waals surface area contributed by atoms with Crippen molar-refractivity contribution in [2.75, 3.05) is 6.54 Å². The predicted octanol–water partition coefficient (Wildman–Crippen LogP) is 2.80. The van der Waals surface area contributed by atoms with Crippen LogP contribution < -0.4 is 5.32 Å². The molecule has 0 radical (unpaired) electrons. The SMILES string of the molecule is CCC(CC)CNC(=O)C(C)N1C(C)CCC1C. The lowest BCUT2D eigenvalue weighted by Crippen LogP contribution is -2.49. The summed E-state index contributed by atoms with van der Waals surface area (Å²) in [5.41, 5.74) is 0. The summed E-state index contributed by atoms with van der Waals surface area (Å²) in [5.74, 6) is 0.817. The normalized spacial score (nSPS) is 26.6. The largest absolute Gasteiger partial charge is 0.354 e. The van der Waals surface area contributed by atoms with Crippen molar-refractivity contribution in [3.8, 4) is 0 Å². The van der Waals surface area contributed by atoms with Crippen molar-refractivity contribution < 1.29 is 4.79 Å². The molecule has 0 aromatic carbocycles. The van der Waals surface area contributed by atoms with Gasteiger partial charge in [0, 0.05) is 18.6 Å². The molecule has 1 amide bonds. The van der Waals surface area contributed by atoms with E-state index in [4.69, 9.17) is 0 Å². The van der Waals surface area contributed by atoms with Crippen LogP contribution in [0.25, 0.3) is 0 Å². The number of rotatable bonds is 6. The van der Waals surface area contributed by atoms with Crippen LogP contribution in [-0.4, -0.2) is 35.5 Å². The van der Waals surface area contributed by atoms with E-state index in [1.807, 2.05) is 6.92 Å². The molecule has 0 saturated carbocycles. The zero-order valence-electron chi connectivity index (χ0n) is 12.7. The van der Waals surface area contributed by atoms with Crippen LogP contribution in [-0.2, 0) is 4.79 Å². The molecule has 3 unspecified atom stereocenters. The Labute approximate surface area is 112 Å². The van der Waals surface area contributed by atoms with E-state index in [9.17, 15) is 4.79 Å². The van der Waals surface area contributed by atoms with Crippen LogP contribution in [0.3, 0.4) is 0 Å². The summed E-state index contributed by atoms with van der Waals surface area (Å²) in [6.07, 6.45) is 4.71. The minimum absolute atomic E-state index is 0.00635. The molecule has 3 atom stereocenters. The van der Waals surface area contributed by atoms with Gasteiger partial charge in [-0.2, -0.15) is 0 Å². The average molecular weight is 254 g/mol. The number of carbonyl (C=O) groups excluding carboxylic acids is 1. The van der Waals surface area contributed by atoms with E-state index in [0.717, 1.165) is 19.4 Å². The van der Waals surface area contributed by atoms with Crippen molar-refractivity contribution in [2.24, 2.45) is 5.92 Å². The Balaban J connectivity index is 2.46. The number of amides is 1. The second-order valence-corrected chi connectivity index (χ2v) is 5.83. The molecule has 1 rings (SSSR count). The van der Waals surface area contributed by atoms with Crippen molar-refractivity contribution in [2.45, 2.75) is 78.4 Å². The summed E-state index contributed by atoms with van der Waals surface area (Å²) in [6.45, 7) is 11.7. The molecule has 106 valence electrons. The van der Waals surface area contributed by atoms with E-state index in [1.165, 1.54) is 12.8 Å². The number of hydrogen-bond donors (Lipinski definition) is 1. The van der Waals surface area contributed by atoms with Crippen molar-refractivity contribution in [3.05, 3.63) is 0 Å². The van der Waals surface area contributed by atoms with Crippen LogP contribution in [0.2, 0.25) is 0 Å². The topological polar surface area (TPSA) is 32.3 Å². The monoisotopic (exact) mass is 254 g/mol. The lowest BCUT2D eigenvalue weighted by molar-refractivity contribution is -0.127. The Bertz CT molecular complexity index is 253. The highest BCUT2D eigenvalue weighted by molar-refractivity contribution is 5.81. The third kappa shape index (κ3) is 3.71. The molecule has 1 saturated heterocycles. The van der Waals surface area contributed by atoms with E-state index in [-0.39, 0.29) is 11.9 Å². The second-order valence-electron chi connectivity index (χ2n) is 5.83. The molecular formula is C15H30N2O. The summed E-state index contributed by atoms with van der Waals surface area (Å²) in [4.78, 5) is 14.6. The Morgan fingerprint density at radius 3 is 2.17 bits per heavy atom. The maximum absolute atomic E-state index is 12.2. The van der Waals surface area contributed by atoms with Gasteiger partial charge in [0.15, 0.2) is 0 Å². The number of nitrogens with zero attached hydrogens (tertiary/aromatic N) is 1. The summed E-state index contributed by atoms with van der Waals surface area (Å²) in [5, 5.41) is 3.12. The molecule has 0 spiro atoms. The van der Waals surface area contributed by atoms with Crippen LogP contribution in [0.4, 0.5) is 0 Å². The van der Waals surface area contributed by atoms with Crippen LogP contribution in [0, 0.1) is 5.92 Å². The fraction of sp³-hybridized carbons (Fsp3) is 0.933. The van der Waals surface area contributed by atoms with Crippen LogP contribution in [0.5, 0.6) is 0 Å². The molecule has 1 N–H and O–H groups in total. The highest BCUT2D eigenvalue weighted by Crippen LogP contribution is 2.25. The summed E-state index contributed by atoms with van der Waals surface area (Å²) in [7, 11) is 0. The Morgan fingerprint density at radius 2 is 1.72 bits per heavy atom. The lowest BCUT2D eigenvalue weighted by Gasteiger charge is -2.31. The van der Waals surface area contributed by atoms with Gasteiger partial charge in [-0.25, -0.2) is 0 Å². The third-order valence-electron chi connectivity index (χ3n) is 4.57. The molecule has 3 nitrogen and oxygen atoms in total. The van der Waals surface area contributed by atoms with Gasteiger partial charge in [0.1, 0.15) is 0 Å². The Hall–Kier alpha value is -0.570. The number of nitrogens with one attached hydrogen (secondary N) is 1. The Kier molecular flexibility index (Phi) is 6.13. The maximum atomic E-state index is 12.2. The van der Waals surface area contributed by atoms with Gasteiger partial charge >= 0.3 is 0 Å². The van der Waals surface area contributed by atoms with Crippen molar-refractivity contribution >= 4 is 5.91 Å². The van der Waals surface area contributed by atoms with Crippen molar-refractivity contribution in [1.29, 1.82) is 0 Å². The molecule has 0 bridgehead atoms. The highest BCUT2D eigenvalue weighted by Gasteiger charge is 2.34. The lowest BCUT2D eigenvalue weighted by atomic mass is 10.0. The Morgan fingerprint density at radius 1 is 1.22 bits per heavy atom. The molecular weight excluding hydrogens is 224 g/mol. The van der Waals surface area contributed by atoms with Gasteiger partial charge in [0.2, 0.25) is 5.91 Å². The molecule has 3 heteroatoms. The number of hydrogen-bond acceptors (Lipinski definition) is 2. The first-order chi connectivity index (χ1) is 8.51. The van der Waals surface area contributed by atoms with Gasteiger partial charge in [-0.05, 0) is 39.5 Å². The summed E-state index contributed by atoms with van der Waals surface area (Å²) in [6, 6.07) is 1.08. The first-order valence-corrected chi connectivity index (χ1v) is 7.56. The van der Waals surface area contributed by atoms with Crippen LogP contribution in [0.1, 0.15) is 60.3 Å². The fourth-order valence-electron chi connectivity index (χ4n) is 3.08. The van der Waals surface area contributed by atoms with E-state index in [1.54, 1.807) is 0 Å². The van der Waals surface area contributed by atoms with Gasteiger partial charge in [-0.15, -0.1) is 0 Å². The van der Waals surface area contributed by atoms with E-state index >= 15 is 0 Å². The number of carbonyl (C=O) groups is 1. The van der Waals surface area contributed by atoms with E-state index in [2.05, 4.69) is 37.9 Å². The third-order valence-corrected chi connectivity index (χ3v) is 4.57. The summed E-state index contributed by atoms with van der Waals surface area (Å²) < 4.78 is 0. The molecule has 1 heterocycles. The van der Waals surface area contributed by atoms with Crippen LogP contribution >= 0.6 is 0 Å². The van der Waals surface area contributed by atoms with Gasteiger partial charge in [-0.3, -0.25) is 9.69 Å². The van der Waals surface area contributed by atoms with Crippen LogP contribution in [0.15, 0.2) is 0 Å². The number of likely N-dealkylation sites (tertiary alicyclic amines) is 1. The van der Waals surface area contributed by atoms with Gasteiger partial charge in [-0.1, -0.05) is 26.7 Å². The highest BCUT2D eigenvalue weighted by atomic mass is 16.2. The minimum Gasteiger partial charge on any atom is -0.354 e. The maximum Gasteiger partial charge on any atom is 0.237 e. The van der Waals surface area contributed by atoms with Gasteiger partial charge in [0.05, 0.1) is 6.04 Å². The quantitative estimate of drug-likeness (QED) is 0.790. The zero-order valence-corrected chi connectivity index (χ0v) is 12.7. The first-order valence-electron chi connectivity index (χ1n) is 7.56. The van der Waals surface area contributed by atoms with Crippen molar-refractivity contribution in [1.82, 2.24) is 10.2 Å². The molecule has 0 aromatic heterocycles. The second kappa shape index (κ2) is 7.13. The van der Waals surface area contributed by atoms with Crippen molar-refractivity contribution in [3.63, 3.8) is 0 Å². The molecule has 1 fully saturated rings. The minimum atomic E-state index is 0.00635. The summed E-state index contributed by atoms with van der Waals surface area (Å²) >= 11 is 0. The average Bonchev–Trinajstić information content (AvgIpc) is 2.69. The predicted molar refractivity (Wildman–Crippen MR) is 76.5 cm³/mol. The van der Waals surface area contributed by atoms with Gasteiger partial charge in [0.25, 0.3) is 0 Å². The molecule has 1 aliphatic heterocycles. The molecule has 0 aliphatic carbocycles. The van der Waals surface area contributed by atoms with Gasteiger partial charge < -0.3 is 5.32 Å². The zero-order chi connectivity index (χ0) is 13.7. The standard InChI is InChI=1S/C15H30N2O/c1-6-14(7-2)10-16-15(18)13(5)17-11(3)8-9-12(17)4/h11-14H,6-10H2,1-5H3,(H,16,18). The van der Waals surface area contributed by atoms with E-state index < -0.39 is 0 Å².